The van der Waals surface area contributed by atoms with Gasteiger partial charge in [-0.05, 0) is 30.7 Å². The number of anilines is 1. The third kappa shape index (κ3) is 2.96. The van der Waals surface area contributed by atoms with E-state index in [0.29, 0.717) is 4.83 Å². The second-order valence-corrected chi connectivity index (χ2v) is 6.21. The van der Waals surface area contributed by atoms with Crippen molar-refractivity contribution in [3.63, 3.8) is 0 Å². The normalized spacial score (nSPS) is 12.9. The minimum Gasteiger partial charge on any atom is -0.369 e. The smallest absolute Gasteiger partial charge is 0.147 e. The van der Waals surface area contributed by atoms with Crippen molar-refractivity contribution in [1.29, 1.82) is 0 Å². The Morgan fingerprint density at radius 3 is 3.06 bits per heavy atom. The number of aryl methyl sites for hydroxylation is 1. The summed E-state index contributed by atoms with van der Waals surface area (Å²) in [6.45, 7) is 5.21. The molecule has 5 heteroatoms. The van der Waals surface area contributed by atoms with Crippen molar-refractivity contribution in [2.75, 3.05) is 11.9 Å². The van der Waals surface area contributed by atoms with Crippen molar-refractivity contribution in [2.24, 2.45) is 0 Å². The van der Waals surface area contributed by atoms with Crippen LogP contribution in [0.1, 0.15) is 25.3 Å². The zero-order valence-corrected chi connectivity index (χ0v) is 12.4. The highest BCUT2D eigenvalue weighted by Gasteiger charge is 2.08. The average Bonchev–Trinajstić information content (AvgIpc) is 2.72. The summed E-state index contributed by atoms with van der Waals surface area (Å²) >= 11 is 5.34. The lowest BCUT2D eigenvalue weighted by atomic mass is 10.2. The van der Waals surface area contributed by atoms with E-state index in [-0.39, 0.29) is 0 Å². The van der Waals surface area contributed by atoms with Gasteiger partial charge in [0.1, 0.15) is 12.1 Å². The average molecular weight is 314 g/mol. The lowest BCUT2D eigenvalue weighted by molar-refractivity contribution is 0.773. The number of rotatable bonds is 5. The van der Waals surface area contributed by atoms with Gasteiger partial charge in [0.15, 0.2) is 0 Å². The molecule has 0 spiro atoms. The van der Waals surface area contributed by atoms with Crippen LogP contribution >= 0.6 is 27.3 Å². The molecule has 0 saturated heterocycles. The van der Waals surface area contributed by atoms with Gasteiger partial charge in [0.05, 0.1) is 10.2 Å². The number of hydrogen-bond donors (Lipinski definition) is 1. The SMILES string of the molecule is CCC(Br)CCNc1ncnc2c(C)csc12. The maximum Gasteiger partial charge on any atom is 0.147 e. The van der Waals surface area contributed by atoms with Crippen LogP contribution in [0.5, 0.6) is 0 Å². The van der Waals surface area contributed by atoms with E-state index in [1.165, 1.54) is 5.56 Å². The van der Waals surface area contributed by atoms with Crippen molar-refractivity contribution in [2.45, 2.75) is 31.5 Å². The summed E-state index contributed by atoms with van der Waals surface area (Å²) in [4.78, 5) is 9.21. The maximum atomic E-state index is 4.32. The molecule has 2 aromatic heterocycles. The Morgan fingerprint density at radius 2 is 2.29 bits per heavy atom. The first-order valence-electron chi connectivity index (χ1n) is 5.79. The Balaban J connectivity index is 2.08. The number of alkyl halides is 1. The first kappa shape index (κ1) is 12.8. The van der Waals surface area contributed by atoms with Crippen LogP contribution in [0.2, 0.25) is 0 Å². The number of aromatic nitrogens is 2. The molecule has 0 bridgehead atoms. The molecule has 2 rings (SSSR count). The van der Waals surface area contributed by atoms with Crippen LogP contribution in [-0.4, -0.2) is 21.3 Å². The second-order valence-electron chi connectivity index (χ2n) is 4.04. The van der Waals surface area contributed by atoms with Crippen LogP contribution in [0.4, 0.5) is 5.82 Å². The van der Waals surface area contributed by atoms with Crippen LogP contribution in [0.15, 0.2) is 11.7 Å². The van der Waals surface area contributed by atoms with E-state index < -0.39 is 0 Å². The van der Waals surface area contributed by atoms with Crippen molar-refractivity contribution in [1.82, 2.24) is 9.97 Å². The molecule has 1 unspecified atom stereocenters. The Hall–Kier alpha value is -0.680. The van der Waals surface area contributed by atoms with E-state index in [1.807, 2.05) is 0 Å². The number of halogens is 1. The molecule has 17 heavy (non-hydrogen) atoms. The summed E-state index contributed by atoms with van der Waals surface area (Å²) in [5.41, 5.74) is 2.29. The lowest BCUT2D eigenvalue weighted by Gasteiger charge is -2.08. The van der Waals surface area contributed by atoms with Gasteiger partial charge in [-0.15, -0.1) is 11.3 Å². The predicted octanol–water partition coefficient (Wildman–Crippen LogP) is 3.98. The van der Waals surface area contributed by atoms with Crippen LogP contribution in [0, 0.1) is 6.92 Å². The third-order valence-corrected chi connectivity index (χ3v) is 4.92. The summed E-state index contributed by atoms with van der Waals surface area (Å²) in [7, 11) is 0. The van der Waals surface area contributed by atoms with Gasteiger partial charge in [-0.2, -0.15) is 0 Å². The minimum absolute atomic E-state index is 0.581. The standard InChI is InChI=1S/C12H16BrN3S/c1-3-9(13)4-5-14-12-11-10(15-7-16-12)8(2)6-17-11/h6-7,9H,3-5H2,1-2H3,(H,14,15,16). The Kier molecular flexibility index (Phi) is 4.34. The number of thiophene rings is 1. The van der Waals surface area contributed by atoms with Gasteiger partial charge in [-0.3, -0.25) is 0 Å². The molecule has 3 nitrogen and oxygen atoms in total. The van der Waals surface area contributed by atoms with Gasteiger partial charge >= 0.3 is 0 Å². The third-order valence-electron chi connectivity index (χ3n) is 2.72. The zero-order valence-electron chi connectivity index (χ0n) is 10.0. The van der Waals surface area contributed by atoms with Crippen LogP contribution in [-0.2, 0) is 0 Å². The highest BCUT2D eigenvalue weighted by Crippen LogP contribution is 2.28. The highest BCUT2D eigenvalue weighted by molar-refractivity contribution is 9.09. The minimum atomic E-state index is 0.581. The number of nitrogens with one attached hydrogen (secondary N) is 1. The molecule has 2 aromatic rings. The second kappa shape index (κ2) is 5.78. The zero-order chi connectivity index (χ0) is 12.3. The quantitative estimate of drug-likeness (QED) is 0.849. The Bertz CT molecular complexity index is 497. The molecule has 0 aliphatic heterocycles. The molecule has 0 saturated carbocycles. The fourth-order valence-electron chi connectivity index (χ4n) is 1.65. The van der Waals surface area contributed by atoms with Gasteiger partial charge in [-0.1, -0.05) is 22.9 Å². The molecule has 0 radical (unpaired) electrons. The lowest BCUT2D eigenvalue weighted by Crippen LogP contribution is -2.08. The molecule has 2 heterocycles. The number of fused-ring (bicyclic) bond motifs is 1. The molecule has 0 aromatic carbocycles. The number of nitrogens with zero attached hydrogens (tertiary/aromatic N) is 2. The van der Waals surface area contributed by atoms with Gasteiger partial charge < -0.3 is 5.32 Å². The number of hydrogen-bond acceptors (Lipinski definition) is 4. The van der Waals surface area contributed by atoms with E-state index >= 15 is 0 Å². The first-order valence-corrected chi connectivity index (χ1v) is 7.58. The molecular formula is C12H16BrN3S. The van der Waals surface area contributed by atoms with Crippen LogP contribution < -0.4 is 5.32 Å². The molecule has 0 aliphatic carbocycles. The van der Waals surface area contributed by atoms with Crippen molar-refractivity contribution >= 4 is 43.3 Å². The molecule has 0 aliphatic rings. The molecule has 92 valence electrons. The summed E-state index contributed by atoms with van der Waals surface area (Å²) in [6.07, 6.45) is 3.89. The molecule has 0 amide bonds. The fourth-order valence-corrected chi connectivity index (χ4v) is 2.84. The van der Waals surface area contributed by atoms with Gasteiger partial charge in [0.2, 0.25) is 0 Å². The Morgan fingerprint density at radius 1 is 1.47 bits per heavy atom. The van der Waals surface area contributed by atoms with Gasteiger partial charge in [0.25, 0.3) is 0 Å². The maximum absolute atomic E-state index is 4.32. The molecule has 1 N–H and O–H groups in total. The van der Waals surface area contributed by atoms with Crippen LogP contribution in [0.25, 0.3) is 10.2 Å². The van der Waals surface area contributed by atoms with Gasteiger partial charge in [-0.25, -0.2) is 9.97 Å². The summed E-state index contributed by atoms with van der Waals surface area (Å²) < 4.78 is 1.16. The predicted molar refractivity (Wildman–Crippen MR) is 78.3 cm³/mol. The van der Waals surface area contributed by atoms with Crippen molar-refractivity contribution in [3.8, 4) is 0 Å². The van der Waals surface area contributed by atoms with Crippen molar-refractivity contribution in [3.05, 3.63) is 17.3 Å². The van der Waals surface area contributed by atoms with Crippen LogP contribution in [0.3, 0.4) is 0 Å². The van der Waals surface area contributed by atoms with Gasteiger partial charge in [0, 0.05) is 11.4 Å². The first-order chi connectivity index (χ1) is 8.22. The molecule has 1 atom stereocenters. The largest absolute Gasteiger partial charge is 0.369 e. The molecular weight excluding hydrogens is 298 g/mol. The van der Waals surface area contributed by atoms with E-state index in [1.54, 1.807) is 17.7 Å². The van der Waals surface area contributed by atoms with E-state index in [4.69, 9.17) is 0 Å². The topological polar surface area (TPSA) is 37.8 Å². The fraction of sp³-hybridized carbons (Fsp3) is 0.500. The van der Waals surface area contributed by atoms with E-state index in [0.717, 1.165) is 35.4 Å². The van der Waals surface area contributed by atoms with E-state index in [2.05, 4.69) is 50.4 Å². The van der Waals surface area contributed by atoms with Crippen molar-refractivity contribution < 1.29 is 0 Å². The monoisotopic (exact) mass is 313 g/mol. The summed E-state index contributed by atoms with van der Waals surface area (Å²) in [6, 6.07) is 0. The summed E-state index contributed by atoms with van der Waals surface area (Å²) in [5, 5.41) is 5.52. The molecule has 0 fully saturated rings. The van der Waals surface area contributed by atoms with E-state index in [9.17, 15) is 0 Å². The summed E-state index contributed by atoms with van der Waals surface area (Å²) in [5.74, 6) is 0.962. The Labute approximate surface area is 114 Å². The highest BCUT2D eigenvalue weighted by atomic mass is 79.9.